The summed E-state index contributed by atoms with van der Waals surface area (Å²) in [6.07, 6.45) is 0. The molecular weight excluding hydrogens is 414 g/mol. The molecule has 1 saturated heterocycles. The number of hydrogen-bond acceptors (Lipinski definition) is 6. The average molecular weight is 438 g/mol. The van der Waals surface area contributed by atoms with Crippen molar-refractivity contribution in [3.8, 4) is 12.1 Å². The standard InChI is InChI=1S/C22H23N5O3S/c1-25(16-19-8-6-18(14-23)7-9-19)17-22(28)26-10-12-27(13-11-26)31(29,30)21-5-3-2-4-20(21)15-24/h2-9H,10-13,16-17H2,1H3. The molecule has 1 fully saturated rings. The van der Waals surface area contributed by atoms with Crippen LogP contribution in [0.25, 0.3) is 0 Å². The number of carbonyl (C=O) groups excluding carboxylic acids is 1. The van der Waals surface area contributed by atoms with Crippen molar-refractivity contribution in [2.75, 3.05) is 39.8 Å². The van der Waals surface area contributed by atoms with E-state index in [9.17, 15) is 18.5 Å². The normalized spacial score (nSPS) is 14.8. The third-order valence-corrected chi connectivity index (χ3v) is 7.11. The second kappa shape index (κ2) is 9.71. The number of carbonyl (C=O) groups is 1. The molecule has 160 valence electrons. The molecule has 0 aromatic heterocycles. The molecular formula is C22H23N5O3S. The predicted molar refractivity (Wildman–Crippen MR) is 114 cm³/mol. The number of sulfonamides is 1. The minimum Gasteiger partial charge on any atom is -0.339 e. The van der Waals surface area contributed by atoms with Gasteiger partial charge in [-0.2, -0.15) is 14.8 Å². The van der Waals surface area contributed by atoms with Crippen LogP contribution in [0, 0.1) is 22.7 Å². The Morgan fingerprint density at radius 1 is 1.00 bits per heavy atom. The molecule has 8 nitrogen and oxygen atoms in total. The zero-order valence-electron chi connectivity index (χ0n) is 17.2. The van der Waals surface area contributed by atoms with Gasteiger partial charge in [0.2, 0.25) is 15.9 Å². The van der Waals surface area contributed by atoms with Gasteiger partial charge in [-0.25, -0.2) is 8.42 Å². The largest absolute Gasteiger partial charge is 0.339 e. The Morgan fingerprint density at radius 3 is 2.26 bits per heavy atom. The third kappa shape index (κ3) is 5.28. The van der Waals surface area contributed by atoms with E-state index in [1.54, 1.807) is 29.2 Å². The molecule has 0 atom stereocenters. The summed E-state index contributed by atoms with van der Waals surface area (Å²) in [5.41, 5.74) is 1.71. The topological polar surface area (TPSA) is 109 Å². The van der Waals surface area contributed by atoms with Gasteiger partial charge in [0.15, 0.2) is 0 Å². The van der Waals surface area contributed by atoms with E-state index in [4.69, 9.17) is 5.26 Å². The molecule has 1 aliphatic rings. The molecule has 31 heavy (non-hydrogen) atoms. The monoisotopic (exact) mass is 437 g/mol. The van der Waals surface area contributed by atoms with E-state index < -0.39 is 10.0 Å². The van der Waals surface area contributed by atoms with Crippen molar-refractivity contribution < 1.29 is 13.2 Å². The van der Waals surface area contributed by atoms with Crippen molar-refractivity contribution >= 4 is 15.9 Å². The zero-order chi connectivity index (χ0) is 22.4. The van der Waals surface area contributed by atoms with Crippen LogP contribution in [0.1, 0.15) is 16.7 Å². The van der Waals surface area contributed by atoms with Gasteiger partial charge in [-0.3, -0.25) is 9.69 Å². The average Bonchev–Trinajstić information content (AvgIpc) is 2.79. The van der Waals surface area contributed by atoms with Crippen LogP contribution in [0.2, 0.25) is 0 Å². The van der Waals surface area contributed by atoms with Crippen molar-refractivity contribution in [3.05, 3.63) is 65.2 Å². The number of benzene rings is 2. The second-order valence-electron chi connectivity index (χ2n) is 7.37. The number of nitrogens with zero attached hydrogens (tertiary/aromatic N) is 5. The first-order chi connectivity index (χ1) is 14.8. The first kappa shape index (κ1) is 22.4. The van der Waals surface area contributed by atoms with Gasteiger partial charge >= 0.3 is 0 Å². The molecule has 0 spiro atoms. The van der Waals surface area contributed by atoms with Crippen molar-refractivity contribution in [1.29, 1.82) is 10.5 Å². The highest BCUT2D eigenvalue weighted by molar-refractivity contribution is 7.89. The van der Waals surface area contributed by atoms with Crippen LogP contribution in [-0.4, -0.2) is 68.2 Å². The number of likely N-dealkylation sites (N-methyl/N-ethyl adjacent to an activating group) is 1. The molecule has 3 rings (SSSR count). The number of rotatable bonds is 6. The second-order valence-corrected chi connectivity index (χ2v) is 9.28. The zero-order valence-corrected chi connectivity index (χ0v) is 18.0. The Kier molecular flexibility index (Phi) is 7.03. The summed E-state index contributed by atoms with van der Waals surface area (Å²) >= 11 is 0. The highest BCUT2D eigenvalue weighted by Crippen LogP contribution is 2.21. The van der Waals surface area contributed by atoms with Gasteiger partial charge < -0.3 is 4.90 Å². The van der Waals surface area contributed by atoms with Crippen LogP contribution < -0.4 is 0 Å². The Bertz CT molecular complexity index is 1120. The van der Waals surface area contributed by atoms with E-state index in [2.05, 4.69) is 6.07 Å². The van der Waals surface area contributed by atoms with E-state index in [1.807, 2.05) is 30.1 Å². The van der Waals surface area contributed by atoms with E-state index in [0.717, 1.165) is 5.56 Å². The molecule has 1 aliphatic heterocycles. The summed E-state index contributed by atoms with van der Waals surface area (Å²) < 4.78 is 27.2. The van der Waals surface area contributed by atoms with Gasteiger partial charge in [0.25, 0.3) is 0 Å². The number of amides is 1. The number of nitriles is 2. The Labute approximate surface area is 182 Å². The SMILES string of the molecule is CN(CC(=O)N1CCN(S(=O)(=O)c2ccccc2C#N)CC1)Cc1ccc(C#N)cc1. The maximum atomic E-state index is 12.9. The lowest BCUT2D eigenvalue weighted by atomic mass is 10.1. The predicted octanol–water partition coefficient (Wildman–Crippen LogP) is 1.39. The number of piperazine rings is 1. The van der Waals surface area contributed by atoms with Crippen molar-refractivity contribution in [2.45, 2.75) is 11.4 Å². The van der Waals surface area contributed by atoms with Gasteiger partial charge in [0.1, 0.15) is 6.07 Å². The lowest BCUT2D eigenvalue weighted by Gasteiger charge is -2.35. The van der Waals surface area contributed by atoms with Crippen LogP contribution in [0.5, 0.6) is 0 Å². The van der Waals surface area contributed by atoms with E-state index in [-0.39, 0.29) is 36.0 Å². The van der Waals surface area contributed by atoms with Crippen LogP contribution in [0.4, 0.5) is 0 Å². The molecule has 2 aromatic carbocycles. The van der Waals surface area contributed by atoms with Crippen LogP contribution in [-0.2, 0) is 21.4 Å². The van der Waals surface area contributed by atoms with Gasteiger partial charge in [0.05, 0.1) is 28.6 Å². The van der Waals surface area contributed by atoms with Crippen LogP contribution in [0.3, 0.4) is 0 Å². The third-order valence-electron chi connectivity index (χ3n) is 5.16. The Morgan fingerprint density at radius 2 is 1.65 bits per heavy atom. The summed E-state index contributed by atoms with van der Waals surface area (Å²) in [4.78, 5) is 16.2. The first-order valence-corrected chi connectivity index (χ1v) is 11.2. The fraction of sp³-hybridized carbons (Fsp3) is 0.318. The molecule has 1 amide bonds. The molecule has 0 N–H and O–H groups in total. The Balaban J connectivity index is 1.55. The fourth-order valence-corrected chi connectivity index (χ4v) is 5.05. The molecule has 0 aliphatic carbocycles. The highest BCUT2D eigenvalue weighted by Gasteiger charge is 2.31. The lowest BCUT2D eigenvalue weighted by Crippen LogP contribution is -2.52. The maximum Gasteiger partial charge on any atom is 0.244 e. The summed E-state index contributed by atoms with van der Waals surface area (Å²) in [7, 11) is -1.94. The molecule has 2 aromatic rings. The van der Waals surface area contributed by atoms with Crippen molar-refractivity contribution in [1.82, 2.24) is 14.1 Å². The van der Waals surface area contributed by atoms with Crippen LogP contribution >= 0.6 is 0 Å². The van der Waals surface area contributed by atoms with E-state index in [0.29, 0.717) is 25.2 Å². The van der Waals surface area contributed by atoms with E-state index in [1.165, 1.54) is 16.4 Å². The fourth-order valence-electron chi connectivity index (χ4n) is 3.48. The summed E-state index contributed by atoms with van der Waals surface area (Å²) in [6.45, 7) is 1.76. The molecule has 0 bridgehead atoms. The maximum absolute atomic E-state index is 12.9. The Hall–Kier alpha value is -3.24. The van der Waals surface area contributed by atoms with E-state index >= 15 is 0 Å². The number of hydrogen-bond donors (Lipinski definition) is 0. The van der Waals surface area contributed by atoms with Gasteiger partial charge in [0, 0.05) is 32.7 Å². The van der Waals surface area contributed by atoms with Gasteiger partial charge in [-0.15, -0.1) is 0 Å². The molecule has 9 heteroatoms. The smallest absolute Gasteiger partial charge is 0.244 e. The van der Waals surface area contributed by atoms with Crippen LogP contribution in [0.15, 0.2) is 53.4 Å². The van der Waals surface area contributed by atoms with Gasteiger partial charge in [-0.1, -0.05) is 24.3 Å². The first-order valence-electron chi connectivity index (χ1n) is 9.80. The summed E-state index contributed by atoms with van der Waals surface area (Å²) in [5, 5.41) is 18.1. The lowest BCUT2D eigenvalue weighted by molar-refractivity contribution is -0.133. The molecule has 0 saturated carbocycles. The summed E-state index contributed by atoms with van der Waals surface area (Å²) in [6, 6.07) is 17.4. The summed E-state index contributed by atoms with van der Waals surface area (Å²) in [5.74, 6) is -0.0642. The van der Waals surface area contributed by atoms with Crippen molar-refractivity contribution in [2.24, 2.45) is 0 Å². The van der Waals surface area contributed by atoms with Crippen molar-refractivity contribution in [3.63, 3.8) is 0 Å². The minimum absolute atomic E-state index is 0.000531. The quantitative estimate of drug-likeness (QED) is 0.676. The van der Waals surface area contributed by atoms with Gasteiger partial charge in [-0.05, 0) is 36.9 Å². The molecule has 0 unspecified atom stereocenters. The molecule has 1 heterocycles. The minimum atomic E-state index is -3.78. The molecule has 0 radical (unpaired) electrons. The highest BCUT2D eigenvalue weighted by atomic mass is 32.2.